The molecule has 0 unspecified atom stereocenters. The fourth-order valence-corrected chi connectivity index (χ4v) is 2.08. The second-order valence-electron chi connectivity index (χ2n) is 4.21. The molecule has 0 spiro atoms. The third-order valence-electron chi connectivity index (χ3n) is 3.01. The van der Waals surface area contributed by atoms with Gasteiger partial charge in [0.05, 0.1) is 5.56 Å². The van der Waals surface area contributed by atoms with Crippen LogP contribution in [-0.2, 0) is 0 Å². The SMILES string of the molecule is CNc1ncc(C(=O)Nc2ncc[nH]2)c2ccccc12. The number of imidazole rings is 1. The highest BCUT2D eigenvalue weighted by molar-refractivity contribution is 6.13. The average molecular weight is 267 g/mol. The van der Waals surface area contributed by atoms with Gasteiger partial charge in [-0.25, -0.2) is 9.97 Å². The molecule has 20 heavy (non-hydrogen) atoms. The van der Waals surface area contributed by atoms with Gasteiger partial charge in [0.1, 0.15) is 5.82 Å². The first-order valence-corrected chi connectivity index (χ1v) is 6.16. The summed E-state index contributed by atoms with van der Waals surface area (Å²) < 4.78 is 0. The molecule has 2 aromatic heterocycles. The zero-order valence-corrected chi connectivity index (χ0v) is 10.8. The molecule has 0 saturated carbocycles. The van der Waals surface area contributed by atoms with Gasteiger partial charge in [0.25, 0.3) is 5.91 Å². The summed E-state index contributed by atoms with van der Waals surface area (Å²) in [6, 6.07) is 7.64. The van der Waals surface area contributed by atoms with Gasteiger partial charge >= 0.3 is 0 Å². The fourth-order valence-electron chi connectivity index (χ4n) is 2.08. The number of amides is 1. The smallest absolute Gasteiger partial charge is 0.260 e. The summed E-state index contributed by atoms with van der Waals surface area (Å²) in [5.41, 5.74) is 0.510. The number of carbonyl (C=O) groups is 1. The number of nitrogens with zero attached hydrogens (tertiary/aromatic N) is 2. The van der Waals surface area contributed by atoms with Crippen LogP contribution in [0.1, 0.15) is 10.4 Å². The van der Waals surface area contributed by atoms with E-state index in [4.69, 9.17) is 0 Å². The first kappa shape index (κ1) is 12.2. The van der Waals surface area contributed by atoms with Crippen molar-refractivity contribution in [1.29, 1.82) is 0 Å². The number of hydrogen-bond donors (Lipinski definition) is 3. The zero-order valence-electron chi connectivity index (χ0n) is 10.8. The summed E-state index contributed by atoms with van der Waals surface area (Å²) in [4.78, 5) is 23.4. The first-order valence-electron chi connectivity index (χ1n) is 6.16. The molecule has 1 amide bonds. The molecule has 0 radical (unpaired) electrons. The van der Waals surface area contributed by atoms with Crippen LogP contribution in [0.5, 0.6) is 0 Å². The van der Waals surface area contributed by atoms with E-state index in [0.717, 1.165) is 16.6 Å². The van der Waals surface area contributed by atoms with Crippen LogP contribution < -0.4 is 10.6 Å². The Bertz CT molecular complexity index is 751. The molecular formula is C14H13N5O. The number of aromatic amines is 1. The molecule has 3 N–H and O–H groups in total. The molecule has 3 rings (SSSR count). The van der Waals surface area contributed by atoms with Gasteiger partial charge in [-0.2, -0.15) is 0 Å². The lowest BCUT2D eigenvalue weighted by Gasteiger charge is -2.09. The first-order chi connectivity index (χ1) is 9.79. The Morgan fingerprint density at radius 1 is 1.20 bits per heavy atom. The highest BCUT2D eigenvalue weighted by Gasteiger charge is 2.13. The summed E-state index contributed by atoms with van der Waals surface area (Å²) in [6.45, 7) is 0. The molecular weight excluding hydrogens is 254 g/mol. The Hall–Kier alpha value is -2.89. The molecule has 100 valence electrons. The molecule has 6 nitrogen and oxygen atoms in total. The predicted octanol–water partition coefficient (Wildman–Crippen LogP) is 2.25. The fraction of sp³-hybridized carbons (Fsp3) is 0.0714. The topological polar surface area (TPSA) is 82.7 Å². The number of benzene rings is 1. The van der Waals surface area contributed by atoms with E-state index in [0.29, 0.717) is 11.5 Å². The van der Waals surface area contributed by atoms with Crippen molar-refractivity contribution in [2.45, 2.75) is 0 Å². The normalized spacial score (nSPS) is 10.4. The molecule has 3 aromatic rings. The second-order valence-corrected chi connectivity index (χ2v) is 4.21. The number of aromatic nitrogens is 3. The van der Waals surface area contributed by atoms with Crippen LogP contribution in [-0.4, -0.2) is 27.9 Å². The lowest BCUT2D eigenvalue weighted by Crippen LogP contribution is -2.14. The van der Waals surface area contributed by atoms with E-state index in [9.17, 15) is 4.79 Å². The maximum Gasteiger partial charge on any atom is 0.260 e. The monoisotopic (exact) mass is 267 g/mol. The largest absolute Gasteiger partial charge is 0.373 e. The molecule has 2 heterocycles. The van der Waals surface area contributed by atoms with E-state index in [1.165, 1.54) is 0 Å². The average Bonchev–Trinajstić information content (AvgIpc) is 2.99. The van der Waals surface area contributed by atoms with Crippen molar-refractivity contribution in [3.8, 4) is 0 Å². The lowest BCUT2D eigenvalue weighted by molar-refractivity contribution is 0.102. The van der Waals surface area contributed by atoms with Crippen molar-refractivity contribution >= 4 is 28.4 Å². The van der Waals surface area contributed by atoms with Crippen molar-refractivity contribution < 1.29 is 4.79 Å². The molecule has 0 saturated heterocycles. The minimum Gasteiger partial charge on any atom is -0.373 e. The number of pyridine rings is 1. The van der Waals surface area contributed by atoms with E-state index >= 15 is 0 Å². The van der Waals surface area contributed by atoms with Crippen LogP contribution in [0, 0.1) is 0 Å². The summed E-state index contributed by atoms with van der Waals surface area (Å²) in [5.74, 6) is 0.915. The molecule has 1 aromatic carbocycles. The molecule has 0 aliphatic rings. The van der Waals surface area contributed by atoms with Gasteiger partial charge in [0.2, 0.25) is 5.95 Å². The third kappa shape index (κ3) is 2.07. The van der Waals surface area contributed by atoms with Crippen LogP contribution in [0.3, 0.4) is 0 Å². The number of H-pyrrole nitrogens is 1. The van der Waals surface area contributed by atoms with Crippen molar-refractivity contribution in [3.05, 3.63) is 48.4 Å². The minimum atomic E-state index is -0.244. The van der Waals surface area contributed by atoms with Crippen molar-refractivity contribution in [2.75, 3.05) is 17.7 Å². The number of hydrogen-bond acceptors (Lipinski definition) is 4. The maximum absolute atomic E-state index is 12.3. The molecule has 0 atom stereocenters. The number of rotatable bonds is 3. The Labute approximate surface area is 115 Å². The number of nitrogens with one attached hydrogen (secondary N) is 3. The predicted molar refractivity (Wildman–Crippen MR) is 77.8 cm³/mol. The van der Waals surface area contributed by atoms with Crippen molar-refractivity contribution in [2.24, 2.45) is 0 Å². The lowest BCUT2D eigenvalue weighted by atomic mass is 10.1. The zero-order chi connectivity index (χ0) is 13.9. The van der Waals surface area contributed by atoms with Gasteiger partial charge in [0.15, 0.2) is 0 Å². The van der Waals surface area contributed by atoms with Crippen molar-refractivity contribution in [1.82, 2.24) is 15.0 Å². The molecule has 0 fully saturated rings. The van der Waals surface area contributed by atoms with Crippen LogP contribution >= 0.6 is 0 Å². The van der Waals surface area contributed by atoms with E-state index in [1.807, 2.05) is 24.3 Å². The van der Waals surface area contributed by atoms with Gasteiger partial charge in [-0.05, 0) is 5.39 Å². The summed E-state index contributed by atoms with van der Waals surface area (Å²) in [5, 5.41) is 7.47. The van der Waals surface area contributed by atoms with E-state index < -0.39 is 0 Å². The van der Waals surface area contributed by atoms with Gasteiger partial charge in [-0.3, -0.25) is 10.1 Å². The third-order valence-corrected chi connectivity index (χ3v) is 3.01. The standard InChI is InChI=1S/C14H13N5O/c1-15-12-10-5-3-2-4-9(10)11(8-18-12)13(20)19-14-16-6-7-17-14/h2-8H,1H3,(H,15,18)(H2,16,17,19,20). The highest BCUT2D eigenvalue weighted by atomic mass is 16.1. The van der Waals surface area contributed by atoms with E-state index in [1.54, 1.807) is 25.6 Å². The molecule has 0 aliphatic carbocycles. The summed E-state index contributed by atoms with van der Waals surface area (Å²) in [7, 11) is 1.80. The van der Waals surface area contributed by atoms with Gasteiger partial charge in [-0.15, -0.1) is 0 Å². The van der Waals surface area contributed by atoms with E-state index in [-0.39, 0.29) is 5.91 Å². The highest BCUT2D eigenvalue weighted by Crippen LogP contribution is 2.24. The van der Waals surface area contributed by atoms with Crippen LogP contribution in [0.2, 0.25) is 0 Å². The Balaban J connectivity index is 2.05. The molecule has 0 aliphatic heterocycles. The molecule has 0 bridgehead atoms. The Kier molecular flexibility index (Phi) is 3.04. The number of anilines is 2. The maximum atomic E-state index is 12.3. The van der Waals surface area contributed by atoms with Crippen LogP contribution in [0.15, 0.2) is 42.9 Å². The van der Waals surface area contributed by atoms with E-state index in [2.05, 4.69) is 25.6 Å². The second kappa shape index (κ2) is 5.00. The molecule has 6 heteroatoms. The quantitative estimate of drug-likeness (QED) is 0.679. The number of fused-ring (bicyclic) bond motifs is 1. The van der Waals surface area contributed by atoms with Gasteiger partial charge < -0.3 is 10.3 Å². The summed E-state index contributed by atoms with van der Waals surface area (Å²) >= 11 is 0. The van der Waals surface area contributed by atoms with Crippen LogP contribution in [0.4, 0.5) is 11.8 Å². The van der Waals surface area contributed by atoms with Crippen LogP contribution in [0.25, 0.3) is 10.8 Å². The van der Waals surface area contributed by atoms with Gasteiger partial charge in [-0.1, -0.05) is 24.3 Å². The van der Waals surface area contributed by atoms with Crippen molar-refractivity contribution in [3.63, 3.8) is 0 Å². The minimum absolute atomic E-state index is 0.244. The Morgan fingerprint density at radius 3 is 2.70 bits per heavy atom. The Morgan fingerprint density at radius 2 is 2.00 bits per heavy atom. The summed E-state index contributed by atoms with van der Waals surface area (Å²) in [6.07, 6.45) is 4.79. The number of carbonyl (C=O) groups excluding carboxylic acids is 1. The van der Waals surface area contributed by atoms with Gasteiger partial charge in [0, 0.05) is 31.0 Å².